The van der Waals surface area contributed by atoms with Gasteiger partial charge in [-0.05, 0) is 87.8 Å². The standard InChI is InChI=1S/C31H30N2O5S/c1-19(2)37-31(36)22-7-6-8-24(15-22)38-23-13-11-21(12-14-23)30-27(20(3)32-39-30)16-33-28(17-34)25-9-4-5-10-26(25)29(33)18-35/h4-5,9-14,19,22,24H,6-8,15-16H2,1-3H3/t22-,24-/m0/s1. The quantitative estimate of drug-likeness (QED) is 0.328. The molecular weight excluding hydrogens is 512 g/mol. The van der Waals surface area contributed by atoms with Crippen LogP contribution in [0.25, 0.3) is 21.2 Å². The van der Waals surface area contributed by atoms with Crippen molar-refractivity contribution in [2.75, 3.05) is 0 Å². The highest BCUT2D eigenvalue weighted by Crippen LogP contribution is 2.33. The molecule has 200 valence electrons. The smallest absolute Gasteiger partial charge is 0.309 e. The van der Waals surface area contributed by atoms with Gasteiger partial charge in [0, 0.05) is 16.3 Å². The molecule has 0 spiro atoms. The molecule has 0 N–H and O–H groups in total. The summed E-state index contributed by atoms with van der Waals surface area (Å²) in [6.45, 7) is 5.96. The minimum absolute atomic E-state index is 0.0329. The van der Waals surface area contributed by atoms with Gasteiger partial charge in [0.05, 0.1) is 35.2 Å². The summed E-state index contributed by atoms with van der Waals surface area (Å²) in [7, 11) is 0. The number of esters is 1. The van der Waals surface area contributed by atoms with Crippen LogP contribution in [0.5, 0.6) is 5.75 Å². The fourth-order valence-corrected chi connectivity index (χ4v) is 6.21. The zero-order valence-electron chi connectivity index (χ0n) is 22.2. The molecular formula is C31H30N2O5S. The molecule has 7 nitrogen and oxygen atoms in total. The molecule has 5 rings (SSSR count). The van der Waals surface area contributed by atoms with Crippen LogP contribution in [0, 0.1) is 12.8 Å². The Morgan fingerprint density at radius 1 is 1.05 bits per heavy atom. The van der Waals surface area contributed by atoms with Gasteiger partial charge in [0.1, 0.15) is 16.4 Å². The molecule has 0 aliphatic heterocycles. The third-order valence-electron chi connectivity index (χ3n) is 7.20. The van der Waals surface area contributed by atoms with Crippen molar-refractivity contribution in [3.8, 4) is 16.2 Å². The van der Waals surface area contributed by atoms with Crippen molar-refractivity contribution in [3.63, 3.8) is 0 Å². The fraction of sp³-hybridized carbons (Fsp3) is 0.355. The molecule has 2 atom stereocenters. The van der Waals surface area contributed by atoms with Crippen molar-refractivity contribution in [2.24, 2.45) is 5.92 Å². The van der Waals surface area contributed by atoms with Crippen molar-refractivity contribution in [3.05, 3.63) is 70.5 Å². The number of aryl methyl sites for hydroxylation is 1. The van der Waals surface area contributed by atoms with E-state index in [4.69, 9.17) is 9.47 Å². The van der Waals surface area contributed by atoms with Crippen molar-refractivity contribution >= 4 is 40.2 Å². The Morgan fingerprint density at radius 3 is 2.33 bits per heavy atom. The Balaban J connectivity index is 1.38. The minimum Gasteiger partial charge on any atom is -0.490 e. The van der Waals surface area contributed by atoms with Crippen molar-refractivity contribution in [2.45, 2.75) is 65.2 Å². The highest BCUT2D eigenvalue weighted by atomic mass is 32.1. The number of carbonyl (C=O) groups is 1. The maximum Gasteiger partial charge on any atom is 0.309 e. The van der Waals surface area contributed by atoms with Gasteiger partial charge < -0.3 is 14.0 Å². The van der Waals surface area contributed by atoms with Crippen molar-refractivity contribution < 1.29 is 23.9 Å². The van der Waals surface area contributed by atoms with E-state index in [1.807, 2.05) is 81.2 Å². The Hall–Kier alpha value is -3.96. The summed E-state index contributed by atoms with van der Waals surface area (Å²) in [4.78, 5) is 37.2. The molecule has 2 aromatic heterocycles. The van der Waals surface area contributed by atoms with Crippen LogP contribution in [0.2, 0.25) is 0 Å². The summed E-state index contributed by atoms with van der Waals surface area (Å²) >= 11 is 1.38. The van der Waals surface area contributed by atoms with Gasteiger partial charge >= 0.3 is 5.97 Å². The number of hydrogen-bond donors (Lipinski definition) is 0. The first kappa shape index (κ1) is 26.6. The highest BCUT2D eigenvalue weighted by Gasteiger charge is 2.30. The van der Waals surface area contributed by atoms with E-state index in [1.54, 1.807) is 4.57 Å². The molecule has 39 heavy (non-hydrogen) atoms. The Labute approximate surface area is 230 Å². The lowest BCUT2D eigenvalue weighted by Crippen LogP contribution is -2.31. The monoisotopic (exact) mass is 542 g/mol. The predicted octanol–water partition coefficient (Wildman–Crippen LogP) is 4.02. The number of nitrogens with zero attached hydrogens (tertiary/aromatic N) is 2. The highest BCUT2D eigenvalue weighted by molar-refractivity contribution is 7.09. The average Bonchev–Trinajstić information content (AvgIpc) is 3.45. The van der Waals surface area contributed by atoms with E-state index in [1.165, 1.54) is 11.5 Å². The van der Waals surface area contributed by atoms with E-state index < -0.39 is 0 Å². The summed E-state index contributed by atoms with van der Waals surface area (Å²) in [6.07, 6.45) is 3.18. The van der Waals surface area contributed by atoms with E-state index in [0.29, 0.717) is 34.4 Å². The van der Waals surface area contributed by atoms with Crippen LogP contribution in [0.15, 0.2) is 48.5 Å². The lowest BCUT2D eigenvalue weighted by Gasteiger charge is -2.29. The van der Waals surface area contributed by atoms with Crippen LogP contribution in [0.1, 0.15) is 50.8 Å². The van der Waals surface area contributed by atoms with Gasteiger partial charge in [-0.25, -0.2) is 9.59 Å². The van der Waals surface area contributed by atoms with E-state index >= 15 is 0 Å². The maximum atomic E-state index is 12.4. The second-order valence-corrected chi connectivity index (χ2v) is 11.0. The van der Waals surface area contributed by atoms with Crippen molar-refractivity contribution in [1.29, 1.82) is 0 Å². The molecule has 1 fully saturated rings. The predicted molar refractivity (Wildman–Crippen MR) is 150 cm³/mol. The summed E-state index contributed by atoms with van der Waals surface area (Å²) in [5.41, 5.74) is 2.74. The van der Waals surface area contributed by atoms with E-state index in [-0.39, 0.29) is 24.1 Å². The normalized spacial score (nSPS) is 17.1. The minimum atomic E-state index is -0.136. The lowest BCUT2D eigenvalue weighted by atomic mass is 9.87. The zero-order valence-corrected chi connectivity index (χ0v) is 23.0. The molecule has 0 bridgehead atoms. The van der Waals surface area contributed by atoms with Crippen molar-refractivity contribution in [1.82, 2.24) is 8.94 Å². The molecule has 0 saturated heterocycles. The Bertz CT molecular complexity index is 1620. The molecule has 0 radical (unpaired) electrons. The number of rotatable bonds is 7. The number of benzene rings is 2. The number of aromatic nitrogens is 2. The number of hydrogen-bond acceptors (Lipinski definition) is 7. The largest absolute Gasteiger partial charge is 0.490 e. The summed E-state index contributed by atoms with van der Waals surface area (Å²) in [5, 5.41) is 2.01. The molecule has 1 aliphatic rings. The van der Waals surface area contributed by atoms with Crippen LogP contribution < -0.4 is 15.4 Å². The first-order valence-electron chi connectivity index (χ1n) is 13.2. The molecule has 2 aromatic carbocycles. The maximum absolute atomic E-state index is 12.4. The topological polar surface area (TPSA) is 87.5 Å². The van der Waals surface area contributed by atoms with Crippen LogP contribution in [0.3, 0.4) is 0 Å². The molecule has 1 saturated carbocycles. The molecule has 8 heteroatoms. The Kier molecular flexibility index (Phi) is 7.80. The average molecular weight is 543 g/mol. The summed E-state index contributed by atoms with van der Waals surface area (Å²) < 4.78 is 17.9. The zero-order chi connectivity index (χ0) is 27.5. The molecule has 0 unspecified atom stereocenters. The molecule has 1 aliphatic carbocycles. The number of carbonyl (C=O) groups excluding carboxylic acids is 3. The molecule has 4 aromatic rings. The van der Waals surface area contributed by atoms with Crippen LogP contribution in [0.4, 0.5) is 0 Å². The second-order valence-electron chi connectivity index (χ2n) is 10.2. The number of ether oxygens (including phenoxy) is 2. The molecule has 0 amide bonds. The molecule has 2 heterocycles. The lowest BCUT2D eigenvalue weighted by molar-refractivity contribution is -0.154. The number of fused-ring (bicyclic) bond motifs is 1. The van der Waals surface area contributed by atoms with Crippen LogP contribution in [-0.2, 0) is 25.7 Å². The van der Waals surface area contributed by atoms with Gasteiger partial charge in [0.15, 0.2) is 11.9 Å². The fourth-order valence-electron chi connectivity index (χ4n) is 5.31. The SMILES string of the molecule is Cc1nsc(-c2ccc(O[C@H]3CCC[C@H](C(=O)OC(C)C)C3)cc2)c1Cn1c(=C=O)c2ccccc2c1=C=O. The first-order valence-corrected chi connectivity index (χ1v) is 14.0. The van der Waals surface area contributed by atoms with Gasteiger partial charge in [-0.3, -0.25) is 4.79 Å². The third-order valence-corrected chi connectivity index (χ3v) is 8.23. The summed E-state index contributed by atoms with van der Waals surface area (Å²) in [6, 6.07) is 15.1. The van der Waals surface area contributed by atoms with Gasteiger partial charge in [0.2, 0.25) is 0 Å². The first-order chi connectivity index (χ1) is 18.9. The van der Waals surface area contributed by atoms with Gasteiger partial charge in [-0.15, -0.1) is 0 Å². The second kappa shape index (κ2) is 11.4. The van der Waals surface area contributed by atoms with Crippen LogP contribution >= 0.6 is 11.5 Å². The van der Waals surface area contributed by atoms with Gasteiger partial charge in [-0.1, -0.05) is 24.3 Å². The van der Waals surface area contributed by atoms with Gasteiger partial charge in [0.25, 0.3) is 0 Å². The summed E-state index contributed by atoms with van der Waals surface area (Å²) in [5.74, 6) is 4.53. The third kappa shape index (κ3) is 5.45. The Morgan fingerprint density at radius 2 is 1.72 bits per heavy atom. The van der Waals surface area contributed by atoms with E-state index in [9.17, 15) is 14.4 Å². The van der Waals surface area contributed by atoms with E-state index in [2.05, 4.69) is 4.37 Å². The van der Waals surface area contributed by atoms with Gasteiger partial charge in [-0.2, -0.15) is 4.37 Å². The van der Waals surface area contributed by atoms with E-state index in [0.717, 1.165) is 46.7 Å². The van der Waals surface area contributed by atoms with Crippen LogP contribution in [-0.4, -0.2) is 39.0 Å².